The van der Waals surface area contributed by atoms with Gasteiger partial charge in [-0.3, -0.25) is 0 Å². The molecule has 0 spiro atoms. The lowest BCUT2D eigenvalue weighted by Crippen LogP contribution is -2.29. The van der Waals surface area contributed by atoms with Gasteiger partial charge in [0.2, 0.25) is 10.0 Å². The molecule has 0 saturated carbocycles. The summed E-state index contributed by atoms with van der Waals surface area (Å²) in [7, 11) is -10.2. The normalized spacial score (nSPS) is 13.3. The van der Waals surface area contributed by atoms with Gasteiger partial charge in [-0.25, -0.2) is 8.42 Å². The quantitative estimate of drug-likeness (QED) is 0.417. The van der Waals surface area contributed by atoms with Gasteiger partial charge in [0.25, 0.3) is 0 Å². The lowest BCUT2D eigenvalue weighted by molar-refractivity contribution is -0.0799. The van der Waals surface area contributed by atoms with Gasteiger partial charge in [0.05, 0.1) is 5.75 Å². The molecule has 0 radical (unpaired) electrons. The van der Waals surface area contributed by atoms with Crippen LogP contribution in [0.1, 0.15) is 20.8 Å². The summed E-state index contributed by atoms with van der Waals surface area (Å²) in [6.07, 6.45) is -4.98. The zero-order valence-electron chi connectivity index (χ0n) is 12.4. The van der Waals surface area contributed by atoms with Crippen LogP contribution in [0.4, 0.5) is 17.1 Å². The summed E-state index contributed by atoms with van der Waals surface area (Å²) < 4.78 is 87.5. The summed E-state index contributed by atoms with van der Waals surface area (Å²) >= 11 is 0. The van der Waals surface area contributed by atoms with Gasteiger partial charge in [-0.05, 0) is 19.6 Å². The van der Waals surface area contributed by atoms with Crippen molar-refractivity contribution in [3.8, 4) is 0 Å². The van der Waals surface area contributed by atoms with Gasteiger partial charge < -0.3 is 4.90 Å². The van der Waals surface area contributed by atoms with Crippen molar-refractivity contribution in [3.63, 3.8) is 0 Å². The average molecular weight is 372 g/mol. The summed E-state index contributed by atoms with van der Waals surface area (Å²) in [5.41, 5.74) is 0. The molecule has 0 amide bonds. The molecular weight excluding hydrogens is 352 g/mol. The number of alkyl halides is 3. The van der Waals surface area contributed by atoms with Crippen LogP contribution in [0.2, 0.25) is 0 Å². The second-order valence-electron chi connectivity index (χ2n) is 3.87. The van der Waals surface area contributed by atoms with Crippen molar-refractivity contribution >= 4 is 20.4 Å². The van der Waals surface area contributed by atoms with E-state index in [4.69, 9.17) is 0 Å². The molecule has 22 heavy (non-hydrogen) atoms. The maximum atomic E-state index is 11.8. The molecule has 0 unspecified atom stereocenters. The molecule has 12 heteroatoms. The number of nitrogens with zero attached hydrogens (tertiary/aromatic N) is 1. The van der Waals surface area contributed by atoms with Gasteiger partial charge in [-0.1, -0.05) is 34.9 Å². The minimum atomic E-state index is -5.50. The molecule has 0 aliphatic rings. The molecule has 0 aromatic rings. The molecule has 0 saturated heterocycles. The highest BCUT2D eigenvalue weighted by Gasteiger charge is 2.23. The Labute approximate surface area is 128 Å². The van der Waals surface area contributed by atoms with E-state index in [2.05, 4.69) is 25.7 Å². The van der Waals surface area contributed by atoms with E-state index in [1.807, 2.05) is 0 Å². The molecule has 0 rings (SSSR count). The second-order valence-corrected chi connectivity index (χ2v) is 6.97. The smallest absolute Gasteiger partial charge is 0.304 e. The highest BCUT2D eigenvalue weighted by atomic mass is 32.3. The van der Waals surface area contributed by atoms with Crippen molar-refractivity contribution in [2.75, 3.05) is 25.4 Å². The first kappa shape index (κ1) is 23.5. The van der Waals surface area contributed by atoms with E-state index in [1.54, 1.807) is 0 Å². The molecule has 0 aromatic heterocycles. The van der Waals surface area contributed by atoms with Crippen LogP contribution >= 0.6 is 0 Å². The Balaban J connectivity index is 0. The molecule has 0 fully saturated rings. The Morgan fingerprint density at radius 1 is 1.00 bits per heavy atom. The van der Waals surface area contributed by atoms with Crippen molar-refractivity contribution < 1.29 is 33.9 Å². The monoisotopic (exact) mass is 372 g/mol. The first-order valence-corrected chi connectivity index (χ1v) is 9.22. The van der Waals surface area contributed by atoms with Crippen molar-refractivity contribution in [3.05, 3.63) is 12.2 Å². The molecule has 1 N–H and O–H groups in total. The molecule has 0 aromatic carbocycles. The van der Waals surface area contributed by atoms with E-state index < -0.39 is 38.4 Å². The van der Waals surface area contributed by atoms with Crippen LogP contribution in [0.15, 0.2) is 12.2 Å². The van der Waals surface area contributed by atoms with E-state index >= 15 is 0 Å². The first-order valence-electron chi connectivity index (χ1n) is 6.19. The maximum absolute atomic E-state index is 11.8. The predicted molar refractivity (Wildman–Crippen MR) is 75.6 cm³/mol. The fraction of sp³-hybridized carbons (Fsp3) is 0.800. The van der Waals surface area contributed by atoms with Crippen LogP contribution in [0, 0.1) is 0 Å². The van der Waals surface area contributed by atoms with Crippen LogP contribution in [0.3, 0.4) is 0 Å². The van der Waals surface area contributed by atoms with Crippen molar-refractivity contribution in [1.82, 2.24) is 9.03 Å². The number of sulfonamides is 1. The Kier molecular flexibility index (Phi) is 10.8. The maximum Gasteiger partial charge on any atom is 0.409 e. The van der Waals surface area contributed by atoms with Crippen LogP contribution in [-0.4, -0.2) is 53.3 Å². The average Bonchev–Trinajstić information content (AvgIpc) is 2.26. The van der Waals surface area contributed by atoms with Crippen LogP contribution in [0.5, 0.6) is 0 Å². The van der Waals surface area contributed by atoms with Crippen molar-refractivity contribution in [2.45, 2.75) is 26.9 Å². The number of hydrogen-bond donors (Lipinski definition) is 1. The minimum absolute atomic E-state index is 0.146. The summed E-state index contributed by atoms with van der Waals surface area (Å²) in [6, 6.07) is 0. The Morgan fingerprint density at radius 2 is 1.41 bits per heavy atom. The predicted octanol–water partition coefficient (Wildman–Crippen LogP) is 1.59. The minimum Gasteiger partial charge on any atom is -0.304 e. The lowest BCUT2D eigenvalue weighted by atomic mass is 10.5. The molecule has 0 aliphatic carbocycles. The Morgan fingerprint density at radius 3 is 1.64 bits per heavy atom. The van der Waals surface area contributed by atoms with Gasteiger partial charge in [-0.15, -0.1) is 0 Å². The number of hydrogen-bond acceptors (Lipinski definition) is 5. The van der Waals surface area contributed by atoms with Crippen LogP contribution in [0.25, 0.3) is 0 Å². The number of halogens is 4. The molecule has 0 atom stereocenters. The largest absolute Gasteiger partial charge is 0.409 e. The van der Waals surface area contributed by atoms with E-state index in [0.29, 0.717) is 4.13 Å². The van der Waals surface area contributed by atoms with Gasteiger partial charge in [0.1, 0.15) is 0 Å². The third kappa shape index (κ3) is 17.3. The third-order valence-corrected chi connectivity index (χ3v) is 4.63. The van der Waals surface area contributed by atoms with E-state index in [-0.39, 0.29) is 6.08 Å². The standard InChI is InChI=1S/C6H15N.C4H5F4NO4S2/c1-4-7(5-2)6-3;5-4(6,7)2-1-3-14(10,11)9-15(8,12)13/h4-6H2,1-3H3;1-2,9H,3H2. The lowest BCUT2D eigenvalue weighted by Gasteiger charge is -2.13. The molecule has 0 heterocycles. The van der Waals surface area contributed by atoms with E-state index in [0.717, 1.165) is 0 Å². The number of rotatable bonds is 7. The first-order chi connectivity index (χ1) is 9.76. The molecule has 0 bridgehead atoms. The van der Waals surface area contributed by atoms with Gasteiger partial charge in [0.15, 0.2) is 0 Å². The topological polar surface area (TPSA) is 83.6 Å². The third-order valence-electron chi connectivity index (χ3n) is 2.19. The molecule has 0 aliphatic heterocycles. The summed E-state index contributed by atoms with van der Waals surface area (Å²) in [6.45, 7) is 10.1. The van der Waals surface area contributed by atoms with E-state index in [1.165, 1.54) is 19.6 Å². The fourth-order valence-electron chi connectivity index (χ4n) is 1.16. The number of nitrogens with one attached hydrogen (secondary N) is 1. The van der Waals surface area contributed by atoms with Crippen LogP contribution < -0.4 is 4.13 Å². The highest BCUT2D eigenvalue weighted by Crippen LogP contribution is 2.15. The summed E-state index contributed by atoms with van der Waals surface area (Å²) in [5, 5.41) is 0. The van der Waals surface area contributed by atoms with Gasteiger partial charge in [-0.2, -0.15) is 21.6 Å². The summed E-state index contributed by atoms with van der Waals surface area (Å²) in [4.78, 5) is 2.38. The second kappa shape index (κ2) is 10.1. The molecular formula is C10H20F4N2O4S2. The van der Waals surface area contributed by atoms with E-state index in [9.17, 15) is 33.9 Å². The molecule has 134 valence electrons. The zero-order valence-corrected chi connectivity index (χ0v) is 14.0. The number of allylic oxidation sites excluding steroid dienone is 1. The molecule has 6 nitrogen and oxygen atoms in total. The van der Waals surface area contributed by atoms with Gasteiger partial charge in [0, 0.05) is 6.08 Å². The van der Waals surface area contributed by atoms with Crippen LogP contribution in [-0.2, 0) is 20.4 Å². The Bertz CT molecular complexity index is 520. The van der Waals surface area contributed by atoms with Crippen molar-refractivity contribution in [1.29, 1.82) is 0 Å². The van der Waals surface area contributed by atoms with Gasteiger partial charge >= 0.3 is 16.6 Å². The highest BCUT2D eigenvalue weighted by molar-refractivity contribution is 8.02. The fourth-order valence-corrected chi connectivity index (χ4v) is 3.00. The SMILES string of the molecule is CCN(CC)CC.O=S(=O)(F)NS(=O)(=O)CC=CC(F)(F)F. The Hall–Kier alpha value is -0.720. The van der Waals surface area contributed by atoms with Crippen molar-refractivity contribution in [2.24, 2.45) is 0 Å². The zero-order chi connectivity index (χ0) is 18.0. The summed E-state index contributed by atoms with van der Waals surface area (Å²) in [5.74, 6) is -1.30.